The average Bonchev–Trinajstić information content (AvgIpc) is 2.27. The number of hydrogen-bond acceptors (Lipinski definition) is 3. The Morgan fingerprint density at radius 3 is 2.18 bits per heavy atom. The van der Waals surface area contributed by atoms with E-state index in [1.165, 1.54) is 0 Å². The van der Waals surface area contributed by atoms with Gasteiger partial charge in [0.15, 0.2) is 0 Å². The predicted molar refractivity (Wildman–Crippen MR) is 67.7 cm³/mol. The Kier molecular flexibility index (Phi) is 2.70. The Morgan fingerprint density at radius 1 is 1.00 bits per heavy atom. The van der Waals surface area contributed by atoms with Crippen LogP contribution >= 0.6 is 0 Å². The van der Waals surface area contributed by atoms with Crippen LogP contribution < -0.4 is 11.5 Å². The molecule has 0 saturated carbocycles. The van der Waals surface area contributed by atoms with Crippen molar-refractivity contribution in [3.05, 3.63) is 48.0 Å². The minimum absolute atomic E-state index is 0.234. The molecule has 0 radical (unpaired) electrons. The van der Waals surface area contributed by atoms with Crippen LogP contribution in [0.25, 0.3) is 11.1 Å². The quantitative estimate of drug-likeness (QED) is 0.687. The molecule has 0 aliphatic carbocycles. The Morgan fingerprint density at radius 2 is 1.59 bits per heavy atom. The van der Waals surface area contributed by atoms with Crippen molar-refractivity contribution in [3.63, 3.8) is 0 Å². The molecule has 0 aromatic heterocycles. The first-order chi connectivity index (χ1) is 8.08. The van der Waals surface area contributed by atoms with Gasteiger partial charge in [-0.1, -0.05) is 18.2 Å². The fraction of sp³-hybridized carbons (Fsp3) is 0. The van der Waals surface area contributed by atoms with Gasteiger partial charge in [-0.05, 0) is 35.4 Å². The van der Waals surface area contributed by atoms with Crippen molar-refractivity contribution in [2.45, 2.75) is 0 Å². The fourth-order valence-corrected chi connectivity index (χ4v) is 1.75. The lowest BCUT2D eigenvalue weighted by molar-refractivity contribution is 0.0697. The summed E-state index contributed by atoms with van der Waals surface area (Å²) in [6, 6.07) is 11.8. The summed E-state index contributed by atoms with van der Waals surface area (Å²) in [5.41, 5.74) is 14.0. The Hall–Kier alpha value is -2.49. The molecule has 2 rings (SSSR count). The number of nitrogen functional groups attached to an aromatic ring is 2. The number of carboxylic acids is 1. The van der Waals surface area contributed by atoms with E-state index < -0.39 is 5.97 Å². The van der Waals surface area contributed by atoms with Gasteiger partial charge in [-0.15, -0.1) is 0 Å². The second-order valence-corrected chi connectivity index (χ2v) is 3.74. The van der Waals surface area contributed by atoms with Gasteiger partial charge in [-0.3, -0.25) is 0 Å². The second-order valence-electron chi connectivity index (χ2n) is 3.74. The standard InChI is InChI=1S/C13H12N2O2/c14-9-5-8(6-10(15)7-9)11-3-1-2-4-12(11)13(16)17/h1-7H,14-15H2,(H,16,17). The molecule has 0 saturated heterocycles. The van der Waals surface area contributed by atoms with Gasteiger partial charge in [0.2, 0.25) is 0 Å². The van der Waals surface area contributed by atoms with Gasteiger partial charge in [0.25, 0.3) is 0 Å². The second kappa shape index (κ2) is 4.17. The number of aromatic carboxylic acids is 1. The van der Waals surface area contributed by atoms with Gasteiger partial charge in [0.1, 0.15) is 0 Å². The normalized spacial score (nSPS) is 10.1. The van der Waals surface area contributed by atoms with Crippen molar-refractivity contribution >= 4 is 17.3 Å². The maximum Gasteiger partial charge on any atom is 0.336 e. The predicted octanol–water partition coefficient (Wildman–Crippen LogP) is 2.22. The molecule has 0 amide bonds. The summed E-state index contributed by atoms with van der Waals surface area (Å²) in [4.78, 5) is 11.1. The molecule has 4 nitrogen and oxygen atoms in total. The van der Waals surface area contributed by atoms with Crippen molar-refractivity contribution < 1.29 is 9.90 Å². The third kappa shape index (κ3) is 2.20. The van der Waals surface area contributed by atoms with E-state index in [9.17, 15) is 4.79 Å². The summed E-state index contributed by atoms with van der Waals surface area (Å²) in [7, 11) is 0. The van der Waals surface area contributed by atoms with Crippen LogP contribution in [0.2, 0.25) is 0 Å². The molecule has 4 heteroatoms. The summed E-state index contributed by atoms with van der Waals surface area (Å²) in [6.45, 7) is 0. The molecule has 0 bridgehead atoms. The van der Waals surface area contributed by atoms with Gasteiger partial charge in [-0.25, -0.2) is 4.79 Å². The van der Waals surface area contributed by atoms with Crippen LogP contribution in [-0.4, -0.2) is 11.1 Å². The molecule has 0 atom stereocenters. The van der Waals surface area contributed by atoms with Crippen LogP contribution in [0.5, 0.6) is 0 Å². The summed E-state index contributed by atoms with van der Waals surface area (Å²) in [5.74, 6) is -0.971. The smallest absolute Gasteiger partial charge is 0.336 e. The van der Waals surface area contributed by atoms with E-state index in [-0.39, 0.29) is 5.56 Å². The van der Waals surface area contributed by atoms with Gasteiger partial charge in [0.05, 0.1) is 5.56 Å². The zero-order valence-electron chi connectivity index (χ0n) is 9.05. The van der Waals surface area contributed by atoms with Crippen molar-refractivity contribution in [1.82, 2.24) is 0 Å². The first kappa shape index (κ1) is 11.0. The lowest BCUT2D eigenvalue weighted by Crippen LogP contribution is -2.00. The van der Waals surface area contributed by atoms with Crippen molar-refractivity contribution in [2.75, 3.05) is 11.5 Å². The zero-order valence-corrected chi connectivity index (χ0v) is 9.05. The molecule has 0 unspecified atom stereocenters. The molecule has 5 N–H and O–H groups in total. The first-order valence-corrected chi connectivity index (χ1v) is 5.06. The van der Waals surface area contributed by atoms with Gasteiger partial charge >= 0.3 is 5.97 Å². The van der Waals surface area contributed by atoms with E-state index in [0.29, 0.717) is 22.5 Å². The molecule has 2 aromatic carbocycles. The molecule has 0 heterocycles. The highest BCUT2D eigenvalue weighted by Gasteiger charge is 2.11. The third-order valence-electron chi connectivity index (χ3n) is 2.45. The lowest BCUT2D eigenvalue weighted by atomic mass is 9.99. The van der Waals surface area contributed by atoms with Crippen LogP contribution in [0.1, 0.15) is 10.4 Å². The highest BCUT2D eigenvalue weighted by molar-refractivity contribution is 5.96. The summed E-state index contributed by atoms with van der Waals surface area (Å²) >= 11 is 0. The number of anilines is 2. The minimum Gasteiger partial charge on any atom is -0.478 e. The molecular formula is C13H12N2O2. The van der Waals surface area contributed by atoms with Crippen LogP contribution in [0.3, 0.4) is 0 Å². The number of carbonyl (C=O) groups is 1. The zero-order chi connectivity index (χ0) is 12.4. The maximum absolute atomic E-state index is 11.1. The number of rotatable bonds is 2. The number of carboxylic acid groups (broad SMARTS) is 1. The van der Waals surface area contributed by atoms with E-state index in [0.717, 1.165) is 0 Å². The third-order valence-corrected chi connectivity index (χ3v) is 2.45. The lowest BCUT2D eigenvalue weighted by Gasteiger charge is -2.08. The SMILES string of the molecule is Nc1cc(N)cc(-c2ccccc2C(=O)O)c1. The molecule has 86 valence electrons. The molecular weight excluding hydrogens is 216 g/mol. The topological polar surface area (TPSA) is 89.3 Å². The molecule has 0 aliphatic heterocycles. The Balaban J connectivity index is 2.64. The average molecular weight is 228 g/mol. The highest BCUT2D eigenvalue weighted by Crippen LogP contribution is 2.27. The van der Waals surface area contributed by atoms with E-state index >= 15 is 0 Å². The van der Waals surface area contributed by atoms with Gasteiger partial charge in [-0.2, -0.15) is 0 Å². The molecule has 17 heavy (non-hydrogen) atoms. The van der Waals surface area contributed by atoms with E-state index in [1.807, 2.05) is 0 Å². The molecule has 2 aromatic rings. The van der Waals surface area contributed by atoms with Crippen LogP contribution in [-0.2, 0) is 0 Å². The first-order valence-electron chi connectivity index (χ1n) is 5.06. The van der Waals surface area contributed by atoms with Crippen molar-refractivity contribution in [1.29, 1.82) is 0 Å². The van der Waals surface area contributed by atoms with E-state index in [1.54, 1.807) is 42.5 Å². The van der Waals surface area contributed by atoms with Crippen molar-refractivity contribution in [3.8, 4) is 11.1 Å². The monoisotopic (exact) mass is 228 g/mol. The van der Waals surface area contributed by atoms with Crippen LogP contribution in [0.15, 0.2) is 42.5 Å². The van der Waals surface area contributed by atoms with Gasteiger partial charge in [0, 0.05) is 11.4 Å². The molecule has 0 aliphatic rings. The largest absolute Gasteiger partial charge is 0.478 e. The molecule has 0 spiro atoms. The van der Waals surface area contributed by atoms with Crippen LogP contribution in [0.4, 0.5) is 11.4 Å². The Bertz CT molecular complexity index is 559. The van der Waals surface area contributed by atoms with E-state index in [4.69, 9.17) is 16.6 Å². The fourth-order valence-electron chi connectivity index (χ4n) is 1.75. The van der Waals surface area contributed by atoms with Gasteiger partial charge < -0.3 is 16.6 Å². The van der Waals surface area contributed by atoms with E-state index in [2.05, 4.69) is 0 Å². The summed E-state index contributed by atoms with van der Waals surface area (Å²) < 4.78 is 0. The molecule has 0 fully saturated rings. The number of hydrogen-bond donors (Lipinski definition) is 3. The summed E-state index contributed by atoms with van der Waals surface area (Å²) in [5, 5.41) is 9.10. The highest BCUT2D eigenvalue weighted by atomic mass is 16.4. The number of nitrogens with two attached hydrogens (primary N) is 2. The maximum atomic E-state index is 11.1. The minimum atomic E-state index is -0.971. The van der Waals surface area contributed by atoms with Crippen LogP contribution in [0, 0.1) is 0 Å². The number of benzene rings is 2. The Labute approximate surface area is 98.5 Å². The van der Waals surface area contributed by atoms with Crippen molar-refractivity contribution in [2.24, 2.45) is 0 Å². The summed E-state index contributed by atoms with van der Waals surface area (Å²) in [6.07, 6.45) is 0.